The largest absolute Gasteiger partial charge is 0.461 e. The van der Waals surface area contributed by atoms with Crippen LogP contribution < -0.4 is 0 Å². The number of rotatable bonds is 9. The summed E-state index contributed by atoms with van der Waals surface area (Å²) in [5, 5.41) is 8.43. The molecular weight excluding hydrogens is 429 g/mol. The smallest absolute Gasteiger partial charge is 0.416 e. The van der Waals surface area contributed by atoms with E-state index < -0.39 is 11.7 Å². The van der Waals surface area contributed by atoms with Crippen molar-refractivity contribution in [3.63, 3.8) is 0 Å². The molecule has 0 bridgehead atoms. The molecule has 0 spiro atoms. The third-order valence-corrected chi connectivity index (χ3v) is 5.10. The summed E-state index contributed by atoms with van der Waals surface area (Å²) in [5.74, 6) is 0.385. The van der Waals surface area contributed by atoms with Crippen LogP contribution in [0, 0.1) is 0 Å². The number of benzene rings is 1. The molecule has 0 unspecified atom stereocenters. The lowest BCUT2D eigenvalue weighted by molar-refractivity contribution is -0.137. The number of furan rings is 1. The summed E-state index contributed by atoms with van der Waals surface area (Å²) in [5.41, 5.74) is -0.602. The lowest BCUT2D eigenvalue weighted by Gasteiger charge is -2.19. The van der Waals surface area contributed by atoms with Crippen molar-refractivity contribution in [2.24, 2.45) is 0 Å². The van der Waals surface area contributed by atoms with Crippen LogP contribution in [0.1, 0.15) is 5.56 Å². The van der Waals surface area contributed by atoms with Crippen LogP contribution >= 0.6 is 11.8 Å². The number of halogens is 3. The Kier molecular flexibility index (Phi) is 7.01. The summed E-state index contributed by atoms with van der Waals surface area (Å²) in [6.07, 6.45) is 0.131. The van der Waals surface area contributed by atoms with Gasteiger partial charge < -0.3 is 9.32 Å². The second-order valence-corrected chi connectivity index (χ2v) is 7.27. The minimum absolute atomic E-state index is 0.0108. The second-order valence-electron chi connectivity index (χ2n) is 6.33. The third kappa shape index (κ3) is 5.26. The summed E-state index contributed by atoms with van der Waals surface area (Å²) in [4.78, 5) is 14.1. The van der Waals surface area contributed by atoms with Crippen LogP contribution in [0.3, 0.4) is 0 Å². The number of amides is 1. The molecule has 1 amide bonds. The Labute approximate surface area is 181 Å². The molecular formula is C21H19F3N4O2S. The molecule has 3 rings (SSSR count). The van der Waals surface area contributed by atoms with E-state index in [0.29, 0.717) is 18.8 Å². The highest BCUT2D eigenvalue weighted by Crippen LogP contribution is 2.33. The Balaban J connectivity index is 1.96. The lowest BCUT2D eigenvalue weighted by Crippen LogP contribution is -2.32. The Morgan fingerprint density at radius 3 is 2.52 bits per heavy atom. The monoisotopic (exact) mass is 448 g/mol. The molecule has 3 aromatic rings. The maximum atomic E-state index is 13.2. The molecule has 31 heavy (non-hydrogen) atoms. The number of hydrogen-bond donors (Lipinski definition) is 0. The van der Waals surface area contributed by atoms with Crippen molar-refractivity contribution in [1.82, 2.24) is 19.7 Å². The normalized spacial score (nSPS) is 11.3. The van der Waals surface area contributed by atoms with Gasteiger partial charge >= 0.3 is 6.18 Å². The zero-order chi connectivity index (χ0) is 22.4. The topological polar surface area (TPSA) is 64.2 Å². The lowest BCUT2D eigenvalue weighted by atomic mass is 10.2. The molecule has 0 aliphatic rings. The maximum absolute atomic E-state index is 13.2. The van der Waals surface area contributed by atoms with Crippen LogP contribution in [0.2, 0.25) is 0 Å². The van der Waals surface area contributed by atoms with E-state index in [1.54, 1.807) is 29.2 Å². The Bertz CT molecular complexity index is 1050. The zero-order valence-electron chi connectivity index (χ0n) is 16.4. The molecule has 0 fully saturated rings. The molecule has 0 N–H and O–H groups in total. The van der Waals surface area contributed by atoms with E-state index in [-0.39, 0.29) is 28.3 Å². The quantitative estimate of drug-likeness (QED) is 0.346. The van der Waals surface area contributed by atoms with Crippen molar-refractivity contribution >= 4 is 17.7 Å². The molecule has 0 atom stereocenters. The number of aromatic nitrogens is 3. The van der Waals surface area contributed by atoms with Crippen LogP contribution in [0.4, 0.5) is 13.2 Å². The van der Waals surface area contributed by atoms with Gasteiger partial charge in [-0.3, -0.25) is 9.36 Å². The molecule has 1 aromatic carbocycles. The number of thioether (sulfide) groups is 1. The van der Waals surface area contributed by atoms with E-state index in [4.69, 9.17) is 4.42 Å². The van der Waals surface area contributed by atoms with Gasteiger partial charge in [0.15, 0.2) is 10.9 Å². The number of alkyl halides is 3. The molecule has 2 aromatic heterocycles. The van der Waals surface area contributed by atoms with Crippen LogP contribution in [0.15, 0.2) is 77.5 Å². The Hall–Kier alpha value is -3.27. The Morgan fingerprint density at radius 1 is 1.16 bits per heavy atom. The third-order valence-electron chi connectivity index (χ3n) is 4.18. The van der Waals surface area contributed by atoms with Gasteiger partial charge in [0.05, 0.1) is 23.3 Å². The van der Waals surface area contributed by atoms with Gasteiger partial charge in [0.2, 0.25) is 11.7 Å². The molecule has 2 heterocycles. The summed E-state index contributed by atoms with van der Waals surface area (Å²) in [6, 6.07) is 8.07. The average molecular weight is 448 g/mol. The fourth-order valence-electron chi connectivity index (χ4n) is 2.79. The molecule has 0 saturated carbocycles. The summed E-state index contributed by atoms with van der Waals surface area (Å²) in [6.45, 7) is 7.97. The minimum atomic E-state index is -4.51. The van der Waals surface area contributed by atoms with E-state index in [9.17, 15) is 18.0 Å². The van der Waals surface area contributed by atoms with Gasteiger partial charge in [0, 0.05) is 13.1 Å². The van der Waals surface area contributed by atoms with E-state index in [1.807, 2.05) is 0 Å². The second kappa shape index (κ2) is 9.69. The number of carbonyl (C=O) groups excluding carboxylic acids is 1. The number of nitrogens with zero attached hydrogens (tertiary/aromatic N) is 4. The predicted octanol–water partition coefficient (Wildman–Crippen LogP) is 4.84. The highest BCUT2D eigenvalue weighted by atomic mass is 32.2. The van der Waals surface area contributed by atoms with Gasteiger partial charge in [-0.1, -0.05) is 30.0 Å². The molecule has 0 radical (unpaired) electrons. The van der Waals surface area contributed by atoms with Crippen LogP contribution in [0.5, 0.6) is 0 Å². The van der Waals surface area contributed by atoms with Gasteiger partial charge in [0.1, 0.15) is 0 Å². The van der Waals surface area contributed by atoms with Crippen molar-refractivity contribution in [2.75, 3.05) is 18.8 Å². The number of hydrogen-bond acceptors (Lipinski definition) is 5. The standard InChI is InChI=1S/C21H19F3N4O2S/c1-3-10-27(11-4-2)18(29)14-31-20-26-25-19(17-9-6-12-30-17)28(20)16-8-5-7-15(13-16)21(22,23)24/h3-9,12-13H,1-2,10-11,14H2. The molecule has 162 valence electrons. The van der Waals surface area contributed by atoms with Gasteiger partial charge in [-0.15, -0.1) is 23.4 Å². The van der Waals surface area contributed by atoms with E-state index >= 15 is 0 Å². The van der Waals surface area contributed by atoms with Gasteiger partial charge in [-0.05, 0) is 30.3 Å². The van der Waals surface area contributed by atoms with Crippen molar-refractivity contribution < 1.29 is 22.4 Å². The van der Waals surface area contributed by atoms with Crippen molar-refractivity contribution in [3.8, 4) is 17.3 Å². The van der Waals surface area contributed by atoms with Crippen molar-refractivity contribution in [2.45, 2.75) is 11.3 Å². The van der Waals surface area contributed by atoms with Gasteiger partial charge in [-0.2, -0.15) is 13.2 Å². The molecule has 0 aliphatic carbocycles. The van der Waals surface area contributed by atoms with Crippen LogP contribution in [-0.2, 0) is 11.0 Å². The molecule has 0 saturated heterocycles. The predicted molar refractivity (Wildman–Crippen MR) is 112 cm³/mol. The fraction of sp³-hybridized carbons (Fsp3) is 0.190. The molecule has 6 nitrogen and oxygen atoms in total. The fourth-order valence-corrected chi connectivity index (χ4v) is 3.65. The van der Waals surface area contributed by atoms with E-state index in [1.165, 1.54) is 23.0 Å². The first-order valence-electron chi connectivity index (χ1n) is 9.14. The zero-order valence-corrected chi connectivity index (χ0v) is 17.2. The number of carbonyl (C=O) groups is 1. The highest BCUT2D eigenvalue weighted by Gasteiger charge is 2.31. The van der Waals surface area contributed by atoms with Gasteiger partial charge in [-0.25, -0.2) is 0 Å². The molecule has 0 aliphatic heterocycles. The first-order chi connectivity index (χ1) is 14.8. The van der Waals surface area contributed by atoms with Crippen LogP contribution in [0.25, 0.3) is 17.3 Å². The SMILES string of the molecule is C=CCN(CC=C)C(=O)CSc1nnc(-c2ccco2)n1-c1cccc(C(F)(F)F)c1. The maximum Gasteiger partial charge on any atom is 0.416 e. The van der Waals surface area contributed by atoms with Crippen molar-refractivity contribution in [3.05, 3.63) is 73.5 Å². The summed E-state index contributed by atoms with van der Waals surface area (Å²) < 4.78 is 46.5. The highest BCUT2D eigenvalue weighted by molar-refractivity contribution is 7.99. The summed E-state index contributed by atoms with van der Waals surface area (Å²) in [7, 11) is 0. The van der Waals surface area contributed by atoms with E-state index in [2.05, 4.69) is 23.4 Å². The molecule has 10 heteroatoms. The minimum Gasteiger partial charge on any atom is -0.461 e. The average Bonchev–Trinajstić information content (AvgIpc) is 3.41. The van der Waals surface area contributed by atoms with E-state index in [0.717, 1.165) is 23.9 Å². The van der Waals surface area contributed by atoms with Gasteiger partial charge in [0.25, 0.3) is 0 Å². The van der Waals surface area contributed by atoms with Crippen molar-refractivity contribution in [1.29, 1.82) is 0 Å². The summed E-state index contributed by atoms with van der Waals surface area (Å²) >= 11 is 1.07. The first kappa shape index (κ1) is 22.4. The Morgan fingerprint density at radius 2 is 1.90 bits per heavy atom. The first-order valence-corrected chi connectivity index (χ1v) is 10.1. The van der Waals surface area contributed by atoms with Crippen LogP contribution in [-0.4, -0.2) is 44.4 Å².